The topological polar surface area (TPSA) is 58.6 Å². The summed E-state index contributed by atoms with van der Waals surface area (Å²) in [7, 11) is 0. The average Bonchev–Trinajstić information content (AvgIpc) is 2.85. The van der Waals surface area contributed by atoms with E-state index in [4.69, 9.17) is 16.3 Å². The fourth-order valence-electron chi connectivity index (χ4n) is 3.62. The summed E-state index contributed by atoms with van der Waals surface area (Å²) in [4.78, 5) is 28.4. The van der Waals surface area contributed by atoms with Gasteiger partial charge in [0.2, 0.25) is 5.91 Å². The second-order valence-electron chi connectivity index (χ2n) is 8.37. The van der Waals surface area contributed by atoms with E-state index < -0.39 is 6.04 Å². The molecule has 0 aliphatic rings. The Morgan fingerprint density at radius 3 is 2.40 bits per heavy atom. The predicted molar refractivity (Wildman–Crippen MR) is 144 cm³/mol. The highest BCUT2D eigenvalue weighted by Crippen LogP contribution is 2.28. The number of rotatable bonds is 11. The van der Waals surface area contributed by atoms with Crippen molar-refractivity contribution in [2.24, 2.45) is 0 Å². The van der Waals surface area contributed by atoms with Crippen LogP contribution in [0, 0.1) is 6.92 Å². The van der Waals surface area contributed by atoms with Gasteiger partial charge in [0, 0.05) is 24.0 Å². The molecule has 3 aromatic rings. The Balaban J connectivity index is 1.89. The Morgan fingerprint density at radius 2 is 1.74 bits per heavy atom. The van der Waals surface area contributed by atoms with Crippen molar-refractivity contribution in [1.29, 1.82) is 0 Å². The Hall–Kier alpha value is -2.83. The van der Waals surface area contributed by atoms with Crippen LogP contribution in [0.3, 0.4) is 0 Å². The third-order valence-electron chi connectivity index (χ3n) is 5.54. The van der Waals surface area contributed by atoms with Gasteiger partial charge >= 0.3 is 0 Å². The van der Waals surface area contributed by atoms with E-state index in [0.717, 1.165) is 27.6 Å². The van der Waals surface area contributed by atoms with Crippen molar-refractivity contribution in [2.75, 3.05) is 13.2 Å². The van der Waals surface area contributed by atoms with Crippen LogP contribution in [0.2, 0.25) is 5.02 Å². The molecule has 0 unspecified atom stereocenters. The van der Waals surface area contributed by atoms with Gasteiger partial charge in [-0.1, -0.05) is 94.6 Å². The second-order valence-corrected chi connectivity index (χ2v) is 9.69. The standard InChI is InChI=1S/C28H30BrClN2O3/c1-3-15-31-28(34)25(16-21-7-5-4-6-8-21)32(18-22-11-9-20(2)10-12-22)27(33)19-35-26-14-13-23(29)17-24(26)30/h4-14,17,25H,3,15-16,18-19H2,1-2H3,(H,31,34)/t25-/m1/s1. The van der Waals surface area contributed by atoms with Crippen molar-refractivity contribution in [3.8, 4) is 5.75 Å². The highest BCUT2D eigenvalue weighted by Gasteiger charge is 2.30. The van der Waals surface area contributed by atoms with Crippen LogP contribution in [0.1, 0.15) is 30.0 Å². The van der Waals surface area contributed by atoms with Crippen molar-refractivity contribution in [1.82, 2.24) is 10.2 Å². The Bertz CT molecular complexity index is 1120. The van der Waals surface area contributed by atoms with Crippen molar-refractivity contribution in [3.05, 3.63) is 99.0 Å². The first-order valence-electron chi connectivity index (χ1n) is 11.6. The number of nitrogens with zero attached hydrogens (tertiary/aromatic N) is 1. The summed E-state index contributed by atoms with van der Waals surface area (Å²) in [5.74, 6) is -0.0662. The quantitative estimate of drug-likeness (QED) is 0.317. The third kappa shape index (κ3) is 8.11. The van der Waals surface area contributed by atoms with Gasteiger partial charge in [0.05, 0.1) is 5.02 Å². The smallest absolute Gasteiger partial charge is 0.261 e. The normalized spacial score (nSPS) is 11.5. The summed E-state index contributed by atoms with van der Waals surface area (Å²) in [5, 5.41) is 3.37. The fourth-order valence-corrected chi connectivity index (χ4v) is 4.35. The Kier molecular flexibility index (Phi) is 10.2. The number of carbonyl (C=O) groups excluding carboxylic acids is 2. The minimum Gasteiger partial charge on any atom is -0.482 e. The van der Waals surface area contributed by atoms with Gasteiger partial charge in [0.15, 0.2) is 6.61 Å². The highest BCUT2D eigenvalue weighted by molar-refractivity contribution is 9.10. The second kappa shape index (κ2) is 13.3. The first-order chi connectivity index (χ1) is 16.9. The molecule has 5 nitrogen and oxygen atoms in total. The van der Waals surface area contributed by atoms with Gasteiger partial charge in [-0.25, -0.2) is 0 Å². The molecule has 0 fully saturated rings. The summed E-state index contributed by atoms with van der Waals surface area (Å²) in [6, 6.07) is 22.2. The van der Waals surface area contributed by atoms with Gasteiger partial charge in [0.25, 0.3) is 5.91 Å². The van der Waals surface area contributed by atoms with E-state index >= 15 is 0 Å². The number of benzene rings is 3. The molecule has 7 heteroatoms. The molecule has 0 aliphatic heterocycles. The molecule has 0 heterocycles. The molecule has 3 aromatic carbocycles. The van der Waals surface area contributed by atoms with Crippen molar-refractivity contribution >= 4 is 39.3 Å². The van der Waals surface area contributed by atoms with Crippen LogP contribution in [-0.2, 0) is 22.6 Å². The van der Waals surface area contributed by atoms with E-state index in [9.17, 15) is 9.59 Å². The molecule has 1 N–H and O–H groups in total. The Labute approximate surface area is 220 Å². The molecule has 0 saturated heterocycles. The minimum absolute atomic E-state index is 0.183. The molecule has 0 spiro atoms. The summed E-state index contributed by atoms with van der Waals surface area (Å²) in [6.07, 6.45) is 1.20. The summed E-state index contributed by atoms with van der Waals surface area (Å²) in [5.41, 5.74) is 3.04. The fraction of sp³-hybridized carbons (Fsp3) is 0.286. The lowest BCUT2D eigenvalue weighted by molar-refractivity contribution is -0.142. The number of hydrogen-bond donors (Lipinski definition) is 1. The average molecular weight is 558 g/mol. The van der Waals surface area contributed by atoms with Crippen LogP contribution in [-0.4, -0.2) is 35.9 Å². The summed E-state index contributed by atoms with van der Waals surface area (Å²) >= 11 is 9.64. The van der Waals surface area contributed by atoms with E-state index in [0.29, 0.717) is 23.7 Å². The maximum Gasteiger partial charge on any atom is 0.261 e. The van der Waals surface area contributed by atoms with Gasteiger partial charge in [0.1, 0.15) is 11.8 Å². The molecule has 0 saturated carbocycles. The van der Waals surface area contributed by atoms with E-state index in [2.05, 4.69) is 21.2 Å². The zero-order valence-corrected chi connectivity index (χ0v) is 22.3. The lowest BCUT2D eigenvalue weighted by atomic mass is 10.0. The van der Waals surface area contributed by atoms with E-state index in [-0.39, 0.29) is 25.0 Å². The molecule has 2 amide bonds. The number of amides is 2. The number of aryl methyl sites for hydroxylation is 1. The van der Waals surface area contributed by atoms with Crippen molar-refractivity contribution in [3.63, 3.8) is 0 Å². The molecular formula is C28H30BrClN2O3. The van der Waals surface area contributed by atoms with Crippen LogP contribution in [0.15, 0.2) is 77.3 Å². The molecule has 0 aromatic heterocycles. The maximum absolute atomic E-state index is 13.5. The lowest BCUT2D eigenvalue weighted by Crippen LogP contribution is -2.51. The van der Waals surface area contributed by atoms with Gasteiger partial charge in [-0.15, -0.1) is 0 Å². The molecule has 184 valence electrons. The first-order valence-corrected chi connectivity index (χ1v) is 12.8. The number of nitrogens with one attached hydrogen (secondary N) is 1. The zero-order chi connectivity index (χ0) is 25.2. The highest BCUT2D eigenvalue weighted by atomic mass is 79.9. The number of carbonyl (C=O) groups is 2. The number of halogens is 2. The number of ether oxygens (including phenoxy) is 1. The molecular weight excluding hydrogens is 528 g/mol. The molecule has 0 radical (unpaired) electrons. The minimum atomic E-state index is -0.693. The largest absolute Gasteiger partial charge is 0.482 e. The molecule has 1 atom stereocenters. The van der Waals surface area contributed by atoms with E-state index in [1.807, 2.05) is 68.4 Å². The van der Waals surface area contributed by atoms with E-state index in [1.165, 1.54) is 0 Å². The van der Waals surface area contributed by atoms with Crippen LogP contribution in [0.5, 0.6) is 5.75 Å². The molecule has 3 rings (SSSR count). The molecule has 0 bridgehead atoms. The van der Waals surface area contributed by atoms with Gasteiger partial charge in [-0.2, -0.15) is 0 Å². The summed E-state index contributed by atoms with van der Waals surface area (Å²) in [6.45, 7) is 4.60. The lowest BCUT2D eigenvalue weighted by Gasteiger charge is -2.31. The van der Waals surface area contributed by atoms with E-state index in [1.54, 1.807) is 23.1 Å². The van der Waals surface area contributed by atoms with Crippen LogP contribution in [0.4, 0.5) is 0 Å². The number of hydrogen-bond acceptors (Lipinski definition) is 3. The summed E-state index contributed by atoms with van der Waals surface area (Å²) < 4.78 is 6.59. The van der Waals surface area contributed by atoms with Crippen molar-refractivity contribution < 1.29 is 14.3 Å². The van der Waals surface area contributed by atoms with Gasteiger partial charge in [-0.05, 0) is 42.7 Å². The zero-order valence-electron chi connectivity index (χ0n) is 20.0. The van der Waals surface area contributed by atoms with Crippen molar-refractivity contribution in [2.45, 2.75) is 39.3 Å². The van der Waals surface area contributed by atoms with Gasteiger partial charge < -0.3 is 15.0 Å². The van der Waals surface area contributed by atoms with Crippen LogP contribution < -0.4 is 10.1 Å². The maximum atomic E-state index is 13.5. The SMILES string of the molecule is CCCNC(=O)[C@@H](Cc1ccccc1)N(Cc1ccc(C)cc1)C(=O)COc1ccc(Br)cc1Cl. The predicted octanol–water partition coefficient (Wildman–Crippen LogP) is 5.96. The third-order valence-corrected chi connectivity index (χ3v) is 6.33. The van der Waals surface area contributed by atoms with Crippen LogP contribution >= 0.6 is 27.5 Å². The molecule has 35 heavy (non-hydrogen) atoms. The monoisotopic (exact) mass is 556 g/mol. The van der Waals surface area contributed by atoms with Gasteiger partial charge in [-0.3, -0.25) is 9.59 Å². The van der Waals surface area contributed by atoms with Crippen LogP contribution in [0.25, 0.3) is 0 Å². The Morgan fingerprint density at radius 1 is 1.03 bits per heavy atom. The molecule has 0 aliphatic carbocycles. The first kappa shape index (κ1) is 26.8.